The highest BCUT2D eigenvalue weighted by molar-refractivity contribution is 6.32. The molecule has 0 aliphatic heterocycles. The first kappa shape index (κ1) is 14.1. The largest absolute Gasteiger partial charge is 0.495 e. The molecule has 6 heteroatoms. The number of ether oxygens (including phenoxy) is 1. The van der Waals surface area contributed by atoms with Gasteiger partial charge in [-0.05, 0) is 18.8 Å². The van der Waals surface area contributed by atoms with Crippen molar-refractivity contribution in [1.82, 2.24) is 0 Å². The van der Waals surface area contributed by atoms with Crippen molar-refractivity contribution >= 4 is 17.6 Å². The van der Waals surface area contributed by atoms with Crippen LogP contribution in [0.4, 0.5) is 8.78 Å². The Hall–Kier alpha value is -1.36. The fourth-order valence-corrected chi connectivity index (χ4v) is 2.50. The normalized spacial score (nSPS) is 16.2. The molecule has 1 aromatic carbocycles. The van der Waals surface area contributed by atoms with Gasteiger partial charge in [0.15, 0.2) is 5.82 Å². The third-order valence-electron chi connectivity index (χ3n) is 3.34. The lowest BCUT2D eigenvalue weighted by Gasteiger charge is -2.18. The lowest BCUT2D eigenvalue weighted by Crippen LogP contribution is -2.13. The number of benzene rings is 1. The molecule has 3 nitrogen and oxygen atoms in total. The quantitative estimate of drug-likeness (QED) is 0.843. The summed E-state index contributed by atoms with van der Waals surface area (Å²) in [5.74, 6) is -3.58. The van der Waals surface area contributed by atoms with Gasteiger partial charge in [0.1, 0.15) is 16.6 Å². The highest BCUT2D eigenvalue weighted by Gasteiger charge is 2.38. The van der Waals surface area contributed by atoms with Crippen LogP contribution in [0.3, 0.4) is 0 Å². The number of halogens is 3. The first-order chi connectivity index (χ1) is 8.95. The zero-order chi connectivity index (χ0) is 14.2. The first-order valence-electron chi connectivity index (χ1n) is 5.88. The van der Waals surface area contributed by atoms with E-state index in [1.807, 2.05) is 0 Å². The van der Waals surface area contributed by atoms with E-state index in [9.17, 15) is 13.6 Å². The third-order valence-corrected chi connectivity index (χ3v) is 3.69. The van der Waals surface area contributed by atoms with Crippen LogP contribution in [0.25, 0.3) is 0 Å². The Balaban J connectivity index is 2.47. The van der Waals surface area contributed by atoms with Gasteiger partial charge in [-0.25, -0.2) is 8.78 Å². The second kappa shape index (κ2) is 5.33. The molecule has 0 radical (unpaired) electrons. The van der Waals surface area contributed by atoms with Crippen LogP contribution in [-0.4, -0.2) is 18.2 Å². The Kier molecular flexibility index (Phi) is 3.94. The summed E-state index contributed by atoms with van der Waals surface area (Å²) in [4.78, 5) is 10.8. The number of carboxylic acids is 1. The third kappa shape index (κ3) is 2.81. The van der Waals surface area contributed by atoms with Gasteiger partial charge in [-0.1, -0.05) is 11.6 Å². The molecule has 1 aliphatic rings. The minimum absolute atomic E-state index is 0.00422. The highest BCUT2D eigenvalue weighted by atomic mass is 35.5. The lowest BCUT2D eigenvalue weighted by atomic mass is 9.90. The number of carboxylic acid groups (broad SMARTS) is 1. The summed E-state index contributed by atoms with van der Waals surface area (Å²) in [7, 11) is 1.26. The van der Waals surface area contributed by atoms with Gasteiger partial charge in [0, 0.05) is 17.5 Å². The van der Waals surface area contributed by atoms with Crippen molar-refractivity contribution in [2.24, 2.45) is 5.92 Å². The van der Waals surface area contributed by atoms with E-state index in [-0.39, 0.29) is 28.7 Å². The molecule has 1 atom stereocenters. The number of rotatable bonds is 5. The molecular formula is C13H13ClF2O3. The summed E-state index contributed by atoms with van der Waals surface area (Å²) in [6, 6.07) is 0.998. The van der Waals surface area contributed by atoms with E-state index in [0.717, 1.165) is 18.9 Å². The SMILES string of the molecule is COc1cc(F)c(C(CC(=O)O)C2CC2)c(F)c1Cl. The van der Waals surface area contributed by atoms with Crippen molar-refractivity contribution in [3.63, 3.8) is 0 Å². The molecule has 1 aromatic rings. The van der Waals surface area contributed by atoms with Gasteiger partial charge in [-0.2, -0.15) is 0 Å². The van der Waals surface area contributed by atoms with Gasteiger partial charge in [0.25, 0.3) is 0 Å². The van der Waals surface area contributed by atoms with Crippen LogP contribution < -0.4 is 4.74 Å². The van der Waals surface area contributed by atoms with Gasteiger partial charge in [0.2, 0.25) is 0 Å². The van der Waals surface area contributed by atoms with E-state index < -0.39 is 23.5 Å². The summed E-state index contributed by atoms with van der Waals surface area (Å²) in [6.45, 7) is 0. The molecule has 0 saturated heterocycles. The monoisotopic (exact) mass is 290 g/mol. The summed E-state index contributed by atoms with van der Waals surface area (Å²) < 4.78 is 32.9. The molecule has 0 bridgehead atoms. The van der Waals surface area contributed by atoms with Crippen LogP contribution in [0.2, 0.25) is 5.02 Å². The topological polar surface area (TPSA) is 46.5 Å². The molecule has 1 N–H and O–H groups in total. The summed E-state index contributed by atoms with van der Waals surface area (Å²) in [5.41, 5.74) is -0.240. The molecule has 1 unspecified atom stereocenters. The van der Waals surface area contributed by atoms with E-state index in [2.05, 4.69) is 0 Å². The Morgan fingerprint density at radius 3 is 2.68 bits per heavy atom. The minimum atomic E-state index is -1.08. The Bertz CT molecular complexity index is 515. The van der Waals surface area contributed by atoms with E-state index in [0.29, 0.717) is 0 Å². The summed E-state index contributed by atoms with van der Waals surface area (Å²) in [6.07, 6.45) is 1.25. The van der Waals surface area contributed by atoms with Crippen molar-refractivity contribution in [2.75, 3.05) is 7.11 Å². The molecule has 1 fully saturated rings. The van der Waals surface area contributed by atoms with Gasteiger partial charge in [-0.15, -0.1) is 0 Å². The van der Waals surface area contributed by atoms with Gasteiger partial charge < -0.3 is 9.84 Å². The molecule has 0 spiro atoms. The van der Waals surface area contributed by atoms with E-state index in [1.54, 1.807) is 0 Å². The standard InChI is InChI=1S/C13H13ClF2O3/c1-19-9-5-8(15)11(13(16)12(9)14)7(4-10(17)18)6-2-3-6/h5-7H,2-4H2,1H3,(H,17,18). The second-order valence-electron chi connectivity index (χ2n) is 4.64. The van der Waals surface area contributed by atoms with Crippen LogP contribution in [0.1, 0.15) is 30.7 Å². The number of aliphatic carboxylic acids is 1. The Morgan fingerprint density at radius 1 is 1.58 bits per heavy atom. The van der Waals surface area contributed by atoms with Crippen LogP contribution in [0, 0.1) is 17.6 Å². The van der Waals surface area contributed by atoms with Crippen molar-refractivity contribution in [3.05, 3.63) is 28.3 Å². The lowest BCUT2D eigenvalue weighted by molar-refractivity contribution is -0.137. The predicted octanol–water partition coefficient (Wildman–Crippen LogP) is 3.60. The van der Waals surface area contributed by atoms with Gasteiger partial charge in [-0.3, -0.25) is 4.79 Å². The van der Waals surface area contributed by atoms with Gasteiger partial charge in [0.05, 0.1) is 13.5 Å². The van der Waals surface area contributed by atoms with Crippen molar-refractivity contribution in [1.29, 1.82) is 0 Å². The number of hydrogen-bond acceptors (Lipinski definition) is 2. The molecule has 0 amide bonds. The summed E-state index contributed by atoms with van der Waals surface area (Å²) in [5, 5.41) is 8.56. The smallest absolute Gasteiger partial charge is 0.303 e. The second-order valence-corrected chi connectivity index (χ2v) is 5.02. The highest BCUT2D eigenvalue weighted by Crippen LogP contribution is 2.47. The summed E-state index contributed by atoms with van der Waals surface area (Å²) >= 11 is 5.76. The molecular weight excluding hydrogens is 278 g/mol. The molecule has 2 rings (SSSR count). The Morgan fingerprint density at radius 2 is 2.21 bits per heavy atom. The van der Waals surface area contributed by atoms with E-state index in [4.69, 9.17) is 21.4 Å². The minimum Gasteiger partial charge on any atom is -0.495 e. The van der Waals surface area contributed by atoms with Gasteiger partial charge >= 0.3 is 5.97 Å². The number of carbonyl (C=O) groups is 1. The Labute approximate surface area is 114 Å². The zero-order valence-electron chi connectivity index (χ0n) is 10.3. The molecule has 104 valence electrons. The van der Waals surface area contributed by atoms with Crippen molar-refractivity contribution in [3.8, 4) is 5.75 Å². The van der Waals surface area contributed by atoms with Crippen LogP contribution in [0.5, 0.6) is 5.75 Å². The average Bonchev–Trinajstić information content (AvgIpc) is 3.16. The van der Waals surface area contributed by atoms with E-state index in [1.165, 1.54) is 7.11 Å². The first-order valence-corrected chi connectivity index (χ1v) is 6.26. The number of hydrogen-bond donors (Lipinski definition) is 1. The zero-order valence-corrected chi connectivity index (χ0v) is 11.0. The van der Waals surface area contributed by atoms with E-state index >= 15 is 0 Å². The van der Waals surface area contributed by atoms with Crippen molar-refractivity contribution < 1.29 is 23.4 Å². The molecule has 1 aliphatic carbocycles. The maximum Gasteiger partial charge on any atom is 0.303 e. The maximum absolute atomic E-state index is 14.2. The average molecular weight is 291 g/mol. The number of methoxy groups -OCH3 is 1. The fourth-order valence-electron chi connectivity index (χ4n) is 2.27. The van der Waals surface area contributed by atoms with Crippen LogP contribution >= 0.6 is 11.6 Å². The molecule has 19 heavy (non-hydrogen) atoms. The van der Waals surface area contributed by atoms with Crippen LogP contribution in [0.15, 0.2) is 6.07 Å². The fraction of sp³-hybridized carbons (Fsp3) is 0.462. The predicted molar refractivity (Wildman–Crippen MR) is 65.6 cm³/mol. The van der Waals surface area contributed by atoms with Crippen molar-refractivity contribution in [2.45, 2.75) is 25.2 Å². The maximum atomic E-state index is 14.2. The molecule has 0 aromatic heterocycles. The molecule has 0 heterocycles. The van der Waals surface area contributed by atoms with Crippen LogP contribution in [-0.2, 0) is 4.79 Å². The molecule has 1 saturated carbocycles.